The third kappa shape index (κ3) is 4.84. The Hall–Kier alpha value is -2.79. The standard InChI is InChI=1S/C25H35N7O3/c1-16(32-14-20-19(13-26)23(20)21(32)15-33)12-17-2-4-18(5-3-17)31-9-6-22(29-25(31)35)28-24(34)30-10-7-27-8-11-30/h2-6,9,16,19-21,23,27,33H,7-8,10-15,26H2,1H3,(H,28,29,34,35)/t16?,19-,20-,21-,23+/m1/s1. The van der Waals surface area contributed by atoms with E-state index in [0.29, 0.717) is 43.4 Å². The summed E-state index contributed by atoms with van der Waals surface area (Å²) >= 11 is 0. The van der Waals surface area contributed by atoms with E-state index in [2.05, 4.69) is 27.4 Å². The highest BCUT2D eigenvalue weighted by Gasteiger charge is 2.60. The van der Waals surface area contributed by atoms with E-state index in [1.54, 1.807) is 17.2 Å². The van der Waals surface area contributed by atoms with E-state index in [4.69, 9.17) is 5.73 Å². The van der Waals surface area contributed by atoms with Gasteiger partial charge in [-0.1, -0.05) is 12.1 Å². The fourth-order valence-electron chi connectivity index (χ4n) is 5.94. The number of rotatable bonds is 7. The van der Waals surface area contributed by atoms with Gasteiger partial charge in [0, 0.05) is 51.0 Å². The van der Waals surface area contributed by atoms with Crippen LogP contribution in [-0.4, -0.2) is 88.4 Å². The lowest BCUT2D eigenvalue weighted by Gasteiger charge is -2.33. The number of nitrogens with two attached hydrogens (primary N) is 1. The second kappa shape index (κ2) is 10.1. The lowest BCUT2D eigenvalue weighted by atomic mass is 10.0. The molecular weight excluding hydrogens is 446 g/mol. The summed E-state index contributed by atoms with van der Waals surface area (Å²) in [6.07, 6.45) is 2.50. The summed E-state index contributed by atoms with van der Waals surface area (Å²) in [6, 6.07) is 9.81. The molecule has 1 unspecified atom stereocenters. The number of fused-ring (bicyclic) bond motifs is 1. The maximum atomic E-state index is 12.6. The summed E-state index contributed by atoms with van der Waals surface area (Å²) in [4.78, 5) is 33.2. The van der Waals surface area contributed by atoms with Gasteiger partial charge in [0.05, 0.1) is 12.3 Å². The first kappa shape index (κ1) is 23.9. The number of carbonyl (C=O) groups excluding carboxylic acids is 1. The number of carbonyl (C=O) groups is 1. The van der Waals surface area contributed by atoms with Crippen LogP contribution >= 0.6 is 0 Å². The van der Waals surface area contributed by atoms with E-state index in [0.717, 1.165) is 31.7 Å². The van der Waals surface area contributed by atoms with Crippen LogP contribution < -0.4 is 22.1 Å². The number of piperidine rings is 1. The first-order valence-electron chi connectivity index (χ1n) is 12.5. The van der Waals surface area contributed by atoms with Crippen molar-refractivity contribution in [1.29, 1.82) is 0 Å². The van der Waals surface area contributed by atoms with Gasteiger partial charge < -0.3 is 21.1 Å². The molecule has 0 spiro atoms. The number of piperazine rings is 1. The van der Waals surface area contributed by atoms with Crippen molar-refractivity contribution in [1.82, 2.24) is 24.7 Å². The number of hydrogen-bond donors (Lipinski definition) is 4. The predicted octanol–water partition coefficient (Wildman–Crippen LogP) is 0.0980. The Morgan fingerprint density at radius 1 is 1.26 bits per heavy atom. The first-order chi connectivity index (χ1) is 17.0. The van der Waals surface area contributed by atoms with E-state index in [9.17, 15) is 14.7 Å². The number of aliphatic hydroxyl groups is 1. The minimum Gasteiger partial charge on any atom is -0.395 e. The average molecular weight is 482 g/mol. The number of aliphatic hydroxyl groups excluding tert-OH is 1. The van der Waals surface area contributed by atoms with Crippen LogP contribution in [0.4, 0.5) is 10.6 Å². The lowest BCUT2D eigenvalue weighted by molar-refractivity contribution is 0.0960. The van der Waals surface area contributed by atoms with Gasteiger partial charge in [-0.15, -0.1) is 0 Å². The Labute approximate surface area is 205 Å². The van der Waals surface area contributed by atoms with Gasteiger partial charge in [0.25, 0.3) is 0 Å². The summed E-state index contributed by atoms with van der Waals surface area (Å²) in [5, 5.41) is 15.9. The molecule has 35 heavy (non-hydrogen) atoms. The molecule has 3 heterocycles. The van der Waals surface area contributed by atoms with Crippen LogP contribution in [-0.2, 0) is 6.42 Å². The molecule has 2 saturated heterocycles. The minimum absolute atomic E-state index is 0.183. The topological polar surface area (TPSA) is 129 Å². The quantitative estimate of drug-likeness (QED) is 0.441. The number of likely N-dealkylation sites (tertiary alicyclic amines) is 1. The molecule has 0 radical (unpaired) electrons. The lowest BCUT2D eigenvalue weighted by Crippen LogP contribution is -2.48. The molecular formula is C25H35N7O3. The Kier molecular flexibility index (Phi) is 6.88. The van der Waals surface area contributed by atoms with Gasteiger partial charge in [0.15, 0.2) is 0 Å². The van der Waals surface area contributed by atoms with E-state index >= 15 is 0 Å². The van der Waals surface area contributed by atoms with Crippen LogP contribution in [0.3, 0.4) is 0 Å². The van der Waals surface area contributed by atoms with E-state index in [-0.39, 0.29) is 24.5 Å². The molecule has 1 aromatic carbocycles. The van der Waals surface area contributed by atoms with Crippen LogP contribution in [0.25, 0.3) is 5.69 Å². The molecule has 0 bridgehead atoms. The molecule has 3 aliphatic rings. The number of urea groups is 1. The SMILES string of the molecule is CC(Cc1ccc(-n2ccc(NC(=O)N3CCNCC3)nc2=O)cc1)N1C[C@@H]2[C@@H](CN)[C@@H]2[C@H]1CO. The highest BCUT2D eigenvalue weighted by molar-refractivity contribution is 5.88. The molecule has 5 rings (SSSR count). The normalized spacial score (nSPS) is 26.9. The Morgan fingerprint density at radius 2 is 2.00 bits per heavy atom. The predicted molar refractivity (Wildman–Crippen MR) is 134 cm³/mol. The molecule has 2 amide bonds. The Bertz CT molecular complexity index is 1100. The minimum atomic E-state index is -0.444. The largest absolute Gasteiger partial charge is 0.395 e. The van der Waals surface area contributed by atoms with Crippen LogP contribution in [0.5, 0.6) is 0 Å². The van der Waals surface area contributed by atoms with Crippen molar-refractivity contribution in [3.8, 4) is 5.69 Å². The number of nitrogens with zero attached hydrogens (tertiary/aromatic N) is 4. The van der Waals surface area contributed by atoms with E-state index in [1.807, 2.05) is 24.3 Å². The van der Waals surface area contributed by atoms with Crippen molar-refractivity contribution in [2.45, 2.75) is 25.4 Å². The first-order valence-corrected chi connectivity index (χ1v) is 12.5. The third-order valence-electron chi connectivity index (χ3n) is 7.90. The molecule has 10 nitrogen and oxygen atoms in total. The van der Waals surface area contributed by atoms with Crippen molar-refractivity contribution in [2.75, 3.05) is 51.2 Å². The Morgan fingerprint density at radius 3 is 2.66 bits per heavy atom. The fraction of sp³-hybridized carbons (Fsp3) is 0.560. The highest BCUT2D eigenvalue weighted by Crippen LogP contribution is 2.55. The summed E-state index contributed by atoms with van der Waals surface area (Å²) < 4.78 is 1.47. The number of benzene rings is 1. The van der Waals surface area contributed by atoms with Crippen molar-refractivity contribution in [2.24, 2.45) is 23.5 Å². The van der Waals surface area contributed by atoms with Crippen molar-refractivity contribution in [3.05, 3.63) is 52.6 Å². The Balaban J connectivity index is 1.20. The van der Waals surface area contributed by atoms with E-state index in [1.165, 1.54) is 10.1 Å². The maximum Gasteiger partial charge on any atom is 0.354 e. The summed E-state index contributed by atoms with van der Waals surface area (Å²) in [7, 11) is 0. The van der Waals surface area contributed by atoms with Gasteiger partial charge >= 0.3 is 11.7 Å². The molecule has 1 aromatic heterocycles. The fourth-order valence-corrected chi connectivity index (χ4v) is 5.94. The molecule has 2 aromatic rings. The average Bonchev–Trinajstić information content (AvgIpc) is 3.43. The summed E-state index contributed by atoms with van der Waals surface area (Å²) in [5.74, 6) is 1.99. The number of anilines is 1. The molecule has 1 aliphatic carbocycles. The zero-order valence-corrected chi connectivity index (χ0v) is 20.1. The number of hydrogen-bond acceptors (Lipinski definition) is 7. The van der Waals surface area contributed by atoms with E-state index < -0.39 is 5.69 Å². The van der Waals surface area contributed by atoms with Crippen LogP contribution in [0.15, 0.2) is 41.3 Å². The van der Waals surface area contributed by atoms with Gasteiger partial charge in [-0.3, -0.25) is 14.8 Å². The highest BCUT2D eigenvalue weighted by atomic mass is 16.3. The molecule has 5 atom stereocenters. The van der Waals surface area contributed by atoms with Crippen molar-refractivity contribution in [3.63, 3.8) is 0 Å². The monoisotopic (exact) mass is 481 g/mol. The van der Waals surface area contributed by atoms with Gasteiger partial charge in [-0.05, 0) is 61.4 Å². The van der Waals surface area contributed by atoms with Gasteiger partial charge in [-0.2, -0.15) is 4.98 Å². The molecule has 3 fully saturated rings. The van der Waals surface area contributed by atoms with Gasteiger partial charge in [0.1, 0.15) is 5.82 Å². The molecule has 5 N–H and O–H groups in total. The summed E-state index contributed by atoms with van der Waals surface area (Å²) in [5.41, 5.74) is 7.32. The molecule has 10 heteroatoms. The van der Waals surface area contributed by atoms with Gasteiger partial charge in [0.2, 0.25) is 0 Å². The smallest absolute Gasteiger partial charge is 0.354 e. The zero-order valence-electron chi connectivity index (χ0n) is 20.1. The van der Waals surface area contributed by atoms with Gasteiger partial charge in [-0.25, -0.2) is 9.59 Å². The number of amides is 2. The molecule has 1 saturated carbocycles. The maximum absolute atomic E-state index is 12.6. The number of aromatic nitrogens is 2. The van der Waals surface area contributed by atoms with Crippen LogP contribution in [0.2, 0.25) is 0 Å². The van der Waals surface area contributed by atoms with Crippen LogP contribution in [0, 0.1) is 17.8 Å². The summed E-state index contributed by atoms with van der Waals surface area (Å²) in [6.45, 7) is 6.88. The second-order valence-electron chi connectivity index (χ2n) is 9.94. The van der Waals surface area contributed by atoms with Crippen molar-refractivity contribution >= 4 is 11.8 Å². The third-order valence-corrected chi connectivity index (χ3v) is 7.90. The number of nitrogens with one attached hydrogen (secondary N) is 2. The van der Waals surface area contributed by atoms with Crippen molar-refractivity contribution < 1.29 is 9.90 Å². The molecule has 2 aliphatic heterocycles. The zero-order chi connectivity index (χ0) is 24.5. The second-order valence-corrected chi connectivity index (χ2v) is 9.94. The molecule has 188 valence electrons. The van der Waals surface area contributed by atoms with Crippen LogP contribution in [0.1, 0.15) is 12.5 Å².